The molecule has 0 spiro atoms. The standard InChI is InChI=1S/C14H24N2O3/c1-4-14(5-2,6-3)15-13(18)9-16-7-8-19-11-12(16)10-17/h1,12,17H,5-11H2,2-3H3,(H,15,18). The fourth-order valence-electron chi connectivity index (χ4n) is 2.22. The van der Waals surface area contributed by atoms with Crippen molar-refractivity contribution in [2.24, 2.45) is 0 Å². The van der Waals surface area contributed by atoms with Crippen LogP contribution < -0.4 is 5.32 Å². The number of nitrogens with zero attached hydrogens (tertiary/aromatic N) is 1. The molecule has 19 heavy (non-hydrogen) atoms. The van der Waals surface area contributed by atoms with Crippen LogP contribution in [0.3, 0.4) is 0 Å². The number of hydrogen-bond acceptors (Lipinski definition) is 4. The summed E-state index contributed by atoms with van der Waals surface area (Å²) in [5, 5.41) is 12.2. The number of ether oxygens (including phenoxy) is 1. The number of carbonyl (C=O) groups is 1. The molecule has 2 N–H and O–H groups in total. The molecule has 0 saturated carbocycles. The Morgan fingerprint density at radius 3 is 2.79 bits per heavy atom. The smallest absolute Gasteiger partial charge is 0.235 e. The number of hydrogen-bond donors (Lipinski definition) is 2. The lowest BCUT2D eigenvalue weighted by Gasteiger charge is -2.35. The molecule has 0 radical (unpaired) electrons. The van der Waals surface area contributed by atoms with Crippen LogP contribution in [0.5, 0.6) is 0 Å². The van der Waals surface area contributed by atoms with E-state index in [1.165, 1.54) is 0 Å². The van der Waals surface area contributed by atoms with E-state index in [0.717, 1.165) is 0 Å². The first-order valence-corrected chi connectivity index (χ1v) is 6.82. The molecule has 0 bridgehead atoms. The van der Waals surface area contributed by atoms with Gasteiger partial charge in [0.25, 0.3) is 0 Å². The van der Waals surface area contributed by atoms with Crippen LogP contribution in [0.15, 0.2) is 0 Å². The van der Waals surface area contributed by atoms with E-state index in [0.29, 0.717) is 32.6 Å². The number of rotatable bonds is 6. The van der Waals surface area contributed by atoms with E-state index in [1.54, 1.807) is 0 Å². The van der Waals surface area contributed by atoms with Crippen molar-refractivity contribution in [3.05, 3.63) is 0 Å². The molecule has 108 valence electrons. The molecule has 1 unspecified atom stereocenters. The van der Waals surface area contributed by atoms with Crippen molar-refractivity contribution in [2.45, 2.75) is 38.3 Å². The van der Waals surface area contributed by atoms with Gasteiger partial charge in [-0.1, -0.05) is 19.8 Å². The molecule has 1 fully saturated rings. The highest BCUT2D eigenvalue weighted by atomic mass is 16.5. The van der Waals surface area contributed by atoms with Crippen LogP contribution >= 0.6 is 0 Å². The number of amides is 1. The third-order valence-electron chi connectivity index (χ3n) is 3.77. The zero-order chi connectivity index (χ0) is 14.3. The summed E-state index contributed by atoms with van der Waals surface area (Å²) in [4.78, 5) is 14.0. The molecule has 1 amide bonds. The molecule has 0 aromatic heterocycles. The number of morpholine rings is 1. The molecule has 0 aliphatic carbocycles. The predicted molar refractivity (Wildman–Crippen MR) is 73.6 cm³/mol. The molecule has 1 aliphatic heterocycles. The molecule has 5 nitrogen and oxygen atoms in total. The van der Waals surface area contributed by atoms with Gasteiger partial charge in [-0.15, -0.1) is 6.42 Å². The van der Waals surface area contributed by atoms with Gasteiger partial charge in [-0.2, -0.15) is 0 Å². The molecule has 0 aromatic carbocycles. The number of aliphatic hydroxyl groups is 1. The Hall–Kier alpha value is -1.09. The van der Waals surface area contributed by atoms with Gasteiger partial charge in [-0.05, 0) is 12.8 Å². The normalized spacial score (nSPS) is 20.8. The average molecular weight is 268 g/mol. The number of nitrogens with one attached hydrogen (secondary N) is 1. The van der Waals surface area contributed by atoms with Crippen molar-refractivity contribution < 1.29 is 14.6 Å². The Kier molecular flexibility index (Phi) is 6.29. The first-order valence-electron chi connectivity index (χ1n) is 6.82. The fraction of sp³-hybridized carbons (Fsp3) is 0.786. The van der Waals surface area contributed by atoms with Crippen molar-refractivity contribution >= 4 is 5.91 Å². The molecule has 1 rings (SSSR count). The molecular formula is C14H24N2O3. The Morgan fingerprint density at radius 1 is 1.58 bits per heavy atom. The minimum atomic E-state index is -0.557. The zero-order valence-corrected chi connectivity index (χ0v) is 11.8. The van der Waals surface area contributed by atoms with Crippen molar-refractivity contribution in [1.29, 1.82) is 0 Å². The van der Waals surface area contributed by atoms with E-state index < -0.39 is 5.54 Å². The predicted octanol–water partition coefficient (Wildman–Crippen LogP) is -0.0123. The van der Waals surface area contributed by atoms with Crippen molar-refractivity contribution in [3.63, 3.8) is 0 Å². The second kappa shape index (κ2) is 7.49. The summed E-state index contributed by atoms with van der Waals surface area (Å²) in [6.45, 7) is 5.88. The third kappa shape index (κ3) is 4.20. The van der Waals surface area contributed by atoms with Gasteiger partial charge in [0, 0.05) is 6.54 Å². The number of aliphatic hydroxyl groups excluding tert-OH is 1. The summed E-state index contributed by atoms with van der Waals surface area (Å²) in [7, 11) is 0. The quantitative estimate of drug-likeness (QED) is 0.665. The summed E-state index contributed by atoms with van der Waals surface area (Å²) in [6.07, 6.45) is 6.94. The van der Waals surface area contributed by atoms with Gasteiger partial charge >= 0.3 is 0 Å². The summed E-state index contributed by atoms with van der Waals surface area (Å²) in [5.74, 6) is 2.59. The lowest BCUT2D eigenvalue weighted by atomic mass is 9.94. The highest BCUT2D eigenvalue weighted by Crippen LogP contribution is 2.14. The van der Waals surface area contributed by atoms with Crippen molar-refractivity contribution in [1.82, 2.24) is 10.2 Å². The average Bonchev–Trinajstić information content (AvgIpc) is 2.45. The lowest BCUT2D eigenvalue weighted by molar-refractivity contribution is -0.126. The van der Waals surface area contributed by atoms with Crippen molar-refractivity contribution in [2.75, 3.05) is 32.9 Å². The second-order valence-electron chi connectivity index (χ2n) is 4.86. The van der Waals surface area contributed by atoms with Gasteiger partial charge < -0.3 is 15.2 Å². The molecule has 1 saturated heterocycles. The third-order valence-corrected chi connectivity index (χ3v) is 3.77. The van der Waals surface area contributed by atoms with Gasteiger partial charge in [0.05, 0.1) is 32.4 Å². The topological polar surface area (TPSA) is 61.8 Å². The Morgan fingerprint density at radius 2 is 2.26 bits per heavy atom. The van der Waals surface area contributed by atoms with Gasteiger partial charge in [-0.3, -0.25) is 9.69 Å². The van der Waals surface area contributed by atoms with E-state index in [2.05, 4.69) is 11.2 Å². The molecule has 1 atom stereocenters. The van der Waals surface area contributed by atoms with Crippen LogP contribution in [0.2, 0.25) is 0 Å². The Labute approximate surface area is 115 Å². The van der Waals surface area contributed by atoms with Crippen LogP contribution in [0.4, 0.5) is 0 Å². The minimum Gasteiger partial charge on any atom is -0.395 e. The van der Waals surface area contributed by atoms with Crippen molar-refractivity contribution in [3.8, 4) is 12.3 Å². The van der Waals surface area contributed by atoms with Gasteiger partial charge in [0.1, 0.15) is 5.54 Å². The largest absolute Gasteiger partial charge is 0.395 e. The van der Waals surface area contributed by atoms with Gasteiger partial charge in [-0.25, -0.2) is 0 Å². The van der Waals surface area contributed by atoms with Crippen LogP contribution in [0.1, 0.15) is 26.7 Å². The SMILES string of the molecule is C#CC(CC)(CC)NC(=O)CN1CCOCC1CO. The molecular weight excluding hydrogens is 244 g/mol. The summed E-state index contributed by atoms with van der Waals surface area (Å²) in [6, 6.07) is -0.108. The van der Waals surface area contributed by atoms with E-state index >= 15 is 0 Å². The Bertz CT molecular complexity index is 334. The Balaban J connectivity index is 2.56. The monoisotopic (exact) mass is 268 g/mol. The number of terminal acetylenes is 1. The summed E-state index contributed by atoms with van der Waals surface area (Å²) < 4.78 is 5.28. The summed E-state index contributed by atoms with van der Waals surface area (Å²) >= 11 is 0. The summed E-state index contributed by atoms with van der Waals surface area (Å²) in [5.41, 5.74) is -0.557. The second-order valence-corrected chi connectivity index (χ2v) is 4.86. The minimum absolute atomic E-state index is 0.00484. The molecule has 1 heterocycles. The highest BCUT2D eigenvalue weighted by Gasteiger charge is 2.28. The molecule has 0 aromatic rings. The van der Waals surface area contributed by atoms with Gasteiger partial charge in [0.2, 0.25) is 5.91 Å². The lowest BCUT2D eigenvalue weighted by Crippen LogP contribution is -2.54. The van der Waals surface area contributed by atoms with Gasteiger partial charge in [0.15, 0.2) is 0 Å². The van der Waals surface area contributed by atoms with Crippen LogP contribution in [0.25, 0.3) is 0 Å². The maximum Gasteiger partial charge on any atom is 0.235 e. The van der Waals surface area contributed by atoms with E-state index in [4.69, 9.17) is 11.2 Å². The van der Waals surface area contributed by atoms with E-state index in [-0.39, 0.29) is 25.1 Å². The maximum atomic E-state index is 12.1. The zero-order valence-electron chi connectivity index (χ0n) is 11.8. The van der Waals surface area contributed by atoms with E-state index in [9.17, 15) is 9.90 Å². The number of carbonyl (C=O) groups excluding carboxylic acids is 1. The maximum absolute atomic E-state index is 12.1. The first kappa shape index (κ1) is 16.0. The van der Waals surface area contributed by atoms with E-state index in [1.807, 2.05) is 18.7 Å². The molecule has 1 aliphatic rings. The highest BCUT2D eigenvalue weighted by molar-refractivity contribution is 5.79. The molecule has 5 heteroatoms. The van der Waals surface area contributed by atoms with Crippen LogP contribution in [0, 0.1) is 12.3 Å². The van der Waals surface area contributed by atoms with Crippen LogP contribution in [-0.2, 0) is 9.53 Å². The fourth-order valence-corrected chi connectivity index (χ4v) is 2.22. The van der Waals surface area contributed by atoms with Crippen LogP contribution in [-0.4, -0.2) is 60.4 Å². The first-order chi connectivity index (χ1) is 9.10.